The van der Waals surface area contributed by atoms with Gasteiger partial charge in [0.15, 0.2) is 5.60 Å². The molecule has 0 saturated heterocycles. The SMILES string of the molecule is O=C1N(Cc2ccccc2)c2ccccc2C1(O)COCc1ccccc1. The summed E-state index contributed by atoms with van der Waals surface area (Å²) < 4.78 is 5.73. The van der Waals surface area contributed by atoms with E-state index in [1.807, 2.05) is 78.9 Å². The van der Waals surface area contributed by atoms with Crippen LogP contribution in [0.15, 0.2) is 84.9 Å². The highest BCUT2D eigenvalue weighted by molar-refractivity contribution is 6.06. The molecular formula is C23H21NO3. The molecule has 0 aliphatic carbocycles. The van der Waals surface area contributed by atoms with Crippen LogP contribution in [0, 0.1) is 0 Å². The lowest BCUT2D eigenvalue weighted by molar-refractivity contribution is -0.143. The Morgan fingerprint density at radius 1 is 0.815 bits per heavy atom. The molecule has 0 aromatic heterocycles. The topological polar surface area (TPSA) is 49.8 Å². The molecule has 0 bridgehead atoms. The fourth-order valence-corrected chi connectivity index (χ4v) is 3.46. The van der Waals surface area contributed by atoms with Crippen LogP contribution >= 0.6 is 0 Å². The molecule has 3 aromatic carbocycles. The first-order chi connectivity index (χ1) is 13.2. The van der Waals surface area contributed by atoms with Crippen molar-refractivity contribution >= 4 is 11.6 Å². The zero-order valence-corrected chi connectivity index (χ0v) is 14.9. The first-order valence-corrected chi connectivity index (χ1v) is 8.98. The lowest BCUT2D eigenvalue weighted by Gasteiger charge is -2.23. The molecule has 0 saturated carbocycles. The van der Waals surface area contributed by atoms with Crippen molar-refractivity contribution in [2.24, 2.45) is 0 Å². The highest BCUT2D eigenvalue weighted by Crippen LogP contribution is 2.41. The molecule has 0 radical (unpaired) electrons. The van der Waals surface area contributed by atoms with Crippen LogP contribution in [0.25, 0.3) is 0 Å². The number of carbonyl (C=O) groups is 1. The van der Waals surface area contributed by atoms with Crippen molar-refractivity contribution < 1.29 is 14.6 Å². The van der Waals surface area contributed by atoms with Crippen molar-refractivity contribution in [2.75, 3.05) is 11.5 Å². The molecule has 1 heterocycles. The van der Waals surface area contributed by atoms with Gasteiger partial charge in [-0.1, -0.05) is 78.9 Å². The summed E-state index contributed by atoms with van der Waals surface area (Å²) in [6.07, 6.45) is 0. The van der Waals surface area contributed by atoms with E-state index in [0.29, 0.717) is 18.7 Å². The fourth-order valence-electron chi connectivity index (χ4n) is 3.46. The molecule has 1 aliphatic rings. The second kappa shape index (κ2) is 7.35. The highest BCUT2D eigenvalue weighted by atomic mass is 16.5. The zero-order chi connectivity index (χ0) is 18.7. The number of rotatable bonds is 6. The Morgan fingerprint density at radius 3 is 2.11 bits per heavy atom. The number of fused-ring (bicyclic) bond motifs is 1. The number of aliphatic hydroxyl groups is 1. The Labute approximate surface area is 158 Å². The first-order valence-electron chi connectivity index (χ1n) is 8.98. The summed E-state index contributed by atoms with van der Waals surface area (Å²) in [5.74, 6) is -0.347. The van der Waals surface area contributed by atoms with Crippen molar-refractivity contribution in [3.8, 4) is 0 Å². The number of anilines is 1. The van der Waals surface area contributed by atoms with Gasteiger partial charge in [-0.05, 0) is 17.2 Å². The Balaban J connectivity index is 1.56. The van der Waals surface area contributed by atoms with Crippen molar-refractivity contribution in [3.63, 3.8) is 0 Å². The van der Waals surface area contributed by atoms with E-state index in [2.05, 4.69) is 0 Å². The third-order valence-corrected chi connectivity index (χ3v) is 4.85. The lowest BCUT2D eigenvalue weighted by atomic mass is 9.96. The molecule has 27 heavy (non-hydrogen) atoms. The lowest BCUT2D eigenvalue weighted by Crippen LogP contribution is -2.43. The van der Waals surface area contributed by atoms with Crippen LogP contribution in [-0.4, -0.2) is 17.6 Å². The van der Waals surface area contributed by atoms with E-state index in [9.17, 15) is 9.90 Å². The van der Waals surface area contributed by atoms with Gasteiger partial charge < -0.3 is 14.7 Å². The molecule has 1 amide bonds. The standard InChI is InChI=1S/C23H21NO3/c25-22-23(26,17-27-16-19-11-5-2-6-12-19)20-13-7-8-14-21(20)24(22)15-18-9-3-1-4-10-18/h1-14,26H,15-17H2. The smallest absolute Gasteiger partial charge is 0.266 e. The van der Waals surface area contributed by atoms with Crippen molar-refractivity contribution in [2.45, 2.75) is 18.8 Å². The molecule has 1 aliphatic heterocycles. The minimum Gasteiger partial charge on any atom is -0.373 e. The maximum absolute atomic E-state index is 13.1. The van der Waals surface area contributed by atoms with Gasteiger partial charge in [0.2, 0.25) is 0 Å². The molecule has 1 atom stereocenters. The van der Waals surface area contributed by atoms with Gasteiger partial charge in [-0.15, -0.1) is 0 Å². The molecule has 4 heteroatoms. The van der Waals surface area contributed by atoms with Gasteiger partial charge in [-0.3, -0.25) is 4.79 Å². The van der Waals surface area contributed by atoms with Crippen LogP contribution in [0.4, 0.5) is 5.69 Å². The normalized spacial score (nSPS) is 18.6. The molecule has 4 nitrogen and oxygen atoms in total. The Morgan fingerprint density at radius 2 is 1.41 bits per heavy atom. The first kappa shape index (κ1) is 17.5. The van der Waals surface area contributed by atoms with Gasteiger partial charge in [-0.2, -0.15) is 0 Å². The van der Waals surface area contributed by atoms with Gasteiger partial charge >= 0.3 is 0 Å². The second-order valence-corrected chi connectivity index (χ2v) is 6.73. The number of amides is 1. The second-order valence-electron chi connectivity index (χ2n) is 6.73. The van der Waals surface area contributed by atoms with E-state index in [1.54, 1.807) is 11.0 Å². The summed E-state index contributed by atoms with van der Waals surface area (Å²) in [4.78, 5) is 14.8. The number of carbonyl (C=O) groups excluding carboxylic acids is 1. The van der Waals surface area contributed by atoms with Gasteiger partial charge in [0.05, 0.1) is 25.4 Å². The zero-order valence-electron chi connectivity index (χ0n) is 14.9. The van der Waals surface area contributed by atoms with Gasteiger partial charge in [0.25, 0.3) is 5.91 Å². The number of benzene rings is 3. The maximum atomic E-state index is 13.1. The monoisotopic (exact) mass is 359 g/mol. The number of ether oxygens (including phenoxy) is 1. The molecule has 136 valence electrons. The largest absolute Gasteiger partial charge is 0.373 e. The average molecular weight is 359 g/mol. The minimum absolute atomic E-state index is 0.0803. The van der Waals surface area contributed by atoms with E-state index >= 15 is 0 Å². The maximum Gasteiger partial charge on any atom is 0.266 e. The van der Waals surface area contributed by atoms with Crippen molar-refractivity contribution in [1.29, 1.82) is 0 Å². The van der Waals surface area contributed by atoms with Gasteiger partial charge in [0, 0.05) is 5.56 Å². The highest BCUT2D eigenvalue weighted by Gasteiger charge is 2.49. The quantitative estimate of drug-likeness (QED) is 0.731. The summed E-state index contributed by atoms with van der Waals surface area (Å²) in [7, 11) is 0. The summed E-state index contributed by atoms with van der Waals surface area (Å²) in [6, 6.07) is 26.9. The van der Waals surface area contributed by atoms with E-state index < -0.39 is 5.60 Å². The van der Waals surface area contributed by atoms with Crippen molar-refractivity contribution in [1.82, 2.24) is 0 Å². The summed E-state index contributed by atoms with van der Waals surface area (Å²) in [6.45, 7) is 0.679. The predicted octanol–water partition coefficient (Wildman–Crippen LogP) is 3.64. The van der Waals surface area contributed by atoms with Crippen molar-refractivity contribution in [3.05, 3.63) is 102 Å². The van der Waals surface area contributed by atoms with E-state index in [0.717, 1.165) is 16.8 Å². The van der Waals surface area contributed by atoms with E-state index in [1.165, 1.54) is 0 Å². The molecule has 4 rings (SSSR count). The van der Waals surface area contributed by atoms with Gasteiger partial charge in [-0.25, -0.2) is 0 Å². The Hall–Kier alpha value is -2.95. The van der Waals surface area contributed by atoms with Crippen LogP contribution in [0.3, 0.4) is 0 Å². The average Bonchev–Trinajstić information content (AvgIpc) is 2.92. The van der Waals surface area contributed by atoms with Gasteiger partial charge in [0.1, 0.15) is 0 Å². The molecule has 1 N–H and O–H groups in total. The molecule has 1 unspecified atom stereocenters. The van der Waals surface area contributed by atoms with Crippen LogP contribution in [0.5, 0.6) is 0 Å². The Bertz CT molecular complexity index is 927. The van der Waals surface area contributed by atoms with E-state index in [-0.39, 0.29) is 12.5 Å². The third-order valence-electron chi connectivity index (χ3n) is 4.85. The number of hydrogen-bond acceptors (Lipinski definition) is 3. The Kier molecular flexibility index (Phi) is 4.75. The predicted molar refractivity (Wildman–Crippen MR) is 104 cm³/mol. The van der Waals surface area contributed by atoms with Crippen LogP contribution in [-0.2, 0) is 28.3 Å². The number of nitrogens with zero attached hydrogens (tertiary/aromatic N) is 1. The van der Waals surface area contributed by atoms with Crippen LogP contribution < -0.4 is 4.90 Å². The molecular weight excluding hydrogens is 338 g/mol. The summed E-state index contributed by atoms with van der Waals surface area (Å²) in [5, 5.41) is 11.2. The van der Waals surface area contributed by atoms with E-state index in [4.69, 9.17) is 4.74 Å². The van der Waals surface area contributed by atoms with Crippen LogP contribution in [0.1, 0.15) is 16.7 Å². The number of para-hydroxylation sites is 1. The third kappa shape index (κ3) is 3.37. The summed E-state index contributed by atoms with van der Waals surface area (Å²) in [5.41, 5.74) is 1.67. The molecule has 0 spiro atoms. The minimum atomic E-state index is -1.67. The van der Waals surface area contributed by atoms with Crippen LogP contribution in [0.2, 0.25) is 0 Å². The number of hydrogen-bond donors (Lipinski definition) is 1. The molecule has 3 aromatic rings. The molecule has 0 fully saturated rings. The summed E-state index contributed by atoms with van der Waals surface area (Å²) >= 11 is 0. The fraction of sp³-hybridized carbons (Fsp3) is 0.174.